The van der Waals surface area contributed by atoms with Gasteiger partial charge in [-0.25, -0.2) is 0 Å². The lowest BCUT2D eigenvalue weighted by molar-refractivity contribution is -0.125. The summed E-state index contributed by atoms with van der Waals surface area (Å²) in [6.45, 7) is 0. The number of rotatable bonds is 6. The third kappa shape index (κ3) is 4.70. The van der Waals surface area contributed by atoms with Crippen molar-refractivity contribution >= 4 is 33.8 Å². The number of primary amides is 1. The van der Waals surface area contributed by atoms with Crippen molar-refractivity contribution in [3.8, 4) is 5.75 Å². The fraction of sp³-hybridized carbons (Fsp3) is 0.111. The lowest BCUT2D eigenvalue weighted by Crippen LogP contribution is -2.36. The van der Waals surface area contributed by atoms with E-state index < -0.39 is 17.9 Å². The molecule has 2 amide bonds. The highest BCUT2D eigenvalue weighted by Crippen LogP contribution is 2.24. The molecule has 0 fully saturated rings. The Morgan fingerprint density at radius 3 is 2.54 bits per heavy atom. The Morgan fingerprint density at radius 2 is 1.92 bits per heavy atom. The van der Waals surface area contributed by atoms with Gasteiger partial charge < -0.3 is 15.8 Å². The molecular weight excluding hydrogens is 372 g/mol. The number of carbonyl (C=O) groups excluding carboxylic acids is 2. The van der Waals surface area contributed by atoms with Gasteiger partial charge in [0.2, 0.25) is 11.8 Å². The molecule has 0 saturated carbocycles. The lowest BCUT2D eigenvalue weighted by atomic mass is 10.1. The molecule has 2 rings (SSSR count). The normalized spacial score (nSPS) is 11.9. The number of nitrogens with two attached hydrogens (primary N) is 1. The van der Waals surface area contributed by atoms with Crippen LogP contribution in [0.25, 0.3) is 6.08 Å². The molecule has 0 radical (unpaired) electrons. The number of hydrogen-bond acceptors (Lipinski definition) is 3. The van der Waals surface area contributed by atoms with Crippen molar-refractivity contribution in [2.75, 3.05) is 7.11 Å². The van der Waals surface area contributed by atoms with Gasteiger partial charge >= 0.3 is 0 Å². The Bertz CT molecular complexity index is 760. The Kier molecular flexibility index (Phi) is 6.14. The van der Waals surface area contributed by atoms with Crippen molar-refractivity contribution in [3.05, 3.63) is 70.2 Å². The van der Waals surface area contributed by atoms with Crippen LogP contribution in [0.1, 0.15) is 17.2 Å². The van der Waals surface area contributed by atoms with E-state index in [-0.39, 0.29) is 0 Å². The summed E-state index contributed by atoms with van der Waals surface area (Å²) >= 11 is 3.37. The highest BCUT2D eigenvalue weighted by atomic mass is 79.9. The van der Waals surface area contributed by atoms with Gasteiger partial charge in [-0.3, -0.25) is 9.59 Å². The highest BCUT2D eigenvalue weighted by Gasteiger charge is 2.18. The first kappa shape index (κ1) is 17.7. The molecule has 0 aliphatic rings. The minimum absolute atomic E-state index is 0.426. The van der Waals surface area contributed by atoms with Crippen molar-refractivity contribution in [1.29, 1.82) is 0 Å². The number of nitrogens with one attached hydrogen (secondary N) is 1. The van der Waals surface area contributed by atoms with Crippen LogP contribution in [0.5, 0.6) is 5.75 Å². The molecule has 0 aliphatic heterocycles. The van der Waals surface area contributed by atoms with Gasteiger partial charge in [-0.05, 0) is 29.8 Å². The van der Waals surface area contributed by atoms with Gasteiger partial charge in [0, 0.05) is 16.1 Å². The number of hydrogen-bond donors (Lipinski definition) is 2. The Morgan fingerprint density at radius 1 is 1.21 bits per heavy atom. The predicted octanol–water partition coefficient (Wildman–Crippen LogP) is 2.81. The molecule has 0 aromatic heterocycles. The number of benzene rings is 2. The summed E-state index contributed by atoms with van der Waals surface area (Å²) in [4.78, 5) is 23.7. The monoisotopic (exact) mass is 388 g/mol. The zero-order chi connectivity index (χ0) is 17.5. The van der Waals surface area contributed by atoms with Crippen LogP contribution in [-0.4, -0.2) is 18.9 Å². The van der Waals surface area contributed by atoms with Gasteiger partial charge in [-0.1, -0.05) is 46.3 Å². The number of halogens is 1. The third-order valence-electron chi connectivity index (χ3n) is 3.31. The topological polar surface area (TPSA) is 81.4 Å². The standard InChI is InChI=1S/C18H17BrN2O3/c1-24-15-9-8-14(19)11-13(15)7-10-16(22)21-17(18(20)23)12-5-3-2-4-6-12/h2-11,17H,1H3,(H2,20,23)(H,21,22)/b10-7+. The maximum absolute atomic E-state index is 12.1. The van der Waals surface area contributed by atoms with Gasteiger partial charge in [0.1, 0.15) is 11.8 Å². The average molecular weight is 389 g/mol. The molecule has 6 heteroatoms. The SMILES string of the molecule is COc1ccc(Br)cc1/C=C/C(=O)NC(C(N)=O)c1ccccc1. The molecule has 124 valence electrons. The van der Waals surface area contributed by atoms with Crippen molar-refractivity contribution in [2.24, 2.45) is 5.73 Å². The van der Waals surface area contributed by atoms with E-state index in [1.807, 2.05) is 18.2 Å². The minimum Gasteiger partial charge on any atom is -0.496 e. The van der Waals surface area contributed by atoms with Crippen LogP contribution in [0.3, 0.4) is 0 Å². The first-order chi connectivity index (χ1) is 11.5. The van der Waals surface area contributed by atoms with Gasteiger partial charge in [-0.2, -0.15) is 0 Å². The molecule has 0 spiro atoms. The molecule has 2 aromatic carbocycles. The van der Waals surface area contributed by atoms with Crippen molar-refractivity contribution in [3.63, 3.8) is 0 Å². The number of carbonyl (C=O) groups is 2. The second-order valence-electron chi connectivity index (χ2n) is 4.97. The van der Waals surface area contributed by atoms with E-state index in [1.54, 1.807) is 43.5 Å². The molecule has 0 aliphatic carbocycles. The summed E-state index contributed by atoms with van der Waals surface area (Å²) in [5.74, 6) is -0.413. The van der Waals surface area contributed by atoms with E-state index in [1.165, 1.54) is 6.08 Å². The minimum atomic E-state index is -0.882. The van der Waals surface area contributed by atoms with Crippen molar-refractivity contribution in [1.82, 2.24) is 5.32 Å². The molecule has 3 N–H and O–H groups in total. The zero-order valence-corrected chi connectivity index (χ0v) is 14.6. The first-order valence-corrected chi connectivity index (χ1v) is 7.97. The molecule has 0 heterocycles. The largest absolute Gasteiger partial charge is 0.496 e. The third-order valence-corrected chi connectivity index (χ3v) is 3.80. The van der Waals surface area contributed by atoms with Gasteiger partial charge in [0.15, 0.2) is 0 Å². The summed E-state index contributed by atoms with van der Waals surface area (Å²) in [7, 11) is 1.55. The summed E-state index contributed by atoms with van der Waals surface area (Å²) in [5, 5.41) is 2.60. The van der Waals surface area contributed by atoms with Crippen LogP contribution in [-0.2, 0) is 9.59 Å². The van der Waals surface area contributed by atoms with Crippen LogP contribution in [0.15, 0.2) is 59.1 Å². The maximum Gasteiger partial charge on any atom is 0.244 e. The second kappa shape index (κ2) is 8.31. The van der Waals surface area contributed by atoms with E-state index >= 15 is 0 Å². The molecule has 24 heavy (non-hydrogen) atoms. The zero-order valence-electron chi connectivity index (χ0n) is 13.0. The van der Waals surface area contributed by atoms with Crippen molar-refractivity contribution < 1.29 is 14.3 Å². The summed E-state index contributed by atoms with van der Waals surface area (Å²) < 4.78 is 6.11. The maximum atomic E-state index is 12.1. The van der Waals surface area contributed by atoms with E-state index in [2.05, 4.69) is 21.2 Å². The van der Waals surface area contributed by atoms with E-state index in [0.29, 0.717) is 11.3 Å². The lowest BCUT2D eigenvalue weighted by Gasteiger charge is -2.14. The Hall–Kier alpha value is -2.60. The first-order valence-electron chi connectivity index (χ1n) is 7.17. The van der Waals surface area contributed by atoms with Crippen LogP contribution in [0.2, 0.25) is 0 Å². The fourth-order valence-electron chi connectivity index (χ4n) is 2.16. The number of ether oxygens (including phenoxy) is 1. The van der Waals surface area contributed by atoms with E-state index in [4.69, 9.17) is 10.5 Å². The fourth-order valence-corrected chi connectivity index (χ4v) is 2.53. The van der Waals surface area contributed by atoms with E-state index in [0.717, 1.165) is 10.0 Å². The Labute approximate surface area is 148 Å². The summed E-state index contributed by atoms with van der Waals surface area (Å²) in [6, 6.07) is 13.4. The molecule has 2 aromatic rings. The molecule has 5 nitrogen and oxygen atoms in total. The van der Waals surface area contributed by atoms with Crippen LogP contribution < -0.4 is 15.8 Å². The molecule has 0 saturated heterocycles. The quantitative estimate of drug-likeness (QED) is 0.746. The molecule has 1 atom stereocenters. The highest BCUT2D eigenvalue weighted by molar-refractivity contribution is 9.10. The number of amides is 2. The molecule has 1 unspecified atom stereocenters. The van der Waals surface area contributed by atoms with Gasteiger partial charge in [-0.15, -0.1) is 0 Å². The van der Waals surface area contributed by atoms with Crippen LogP contribution in [0.4, 0.5) is 0 Å². The van der Waals surface area contributed by atoms with Gasteiger partial charge in [0.25, 0.3) is 0 Å². The van der Waals surface area contributed by atoms with Gasteiger partial charge in [0.05, 0.1) is 7.11 Å². The summed E-state index contributed by atoms with van der Waals surface area (Å²) in [5.41, 5.74) is 6.75. The molecular formula is C18H17BrN2O3. The van der Waals surface area contributed by atoms with Crippen LogP contribution in [0, 0.1) is 0 Å². The second-order valence-corrected chi connectivity index (χ2v) is 5.89. The predicted molar refractivity (Wildman–Crippen MR) is 96.2 cm³/mol. The number of methoxy groups -OCH3 is 1. The summed E-state index contributed by atoms with van der Waals surface area (Å²) in [6.07, 6.45) is 2.95. The Balaban J connectivity index is 2.14. The van der Waals surface area contributed by atoms with E-state index in [9.17, 15) is 9.59 Å². The smallest absolute Gasteiger partial charge is 0.244 e. The molecule has 0 bridgehead atoms. The van der Waals surface area contributed by atoms with Crippen LogP contribution >= 0.6 is 15.9 Å². The van der Waals surface area contributed by atoms with Crippen molar-refractivity contribution in [2.45, 2.75) is 6.04 Å². The average Bonchev–Trinajstić information content (AvgIpc) is 2.58.